The van der Waals surface area contributed by atoms with Gasteiger partial charge in [-0.25, -0.2) is 0 Å². The summed E-state index contributed by atoms with van der Waals surface area (Å²) in [5.74, 6) is 0.456. The van der Waals surface area contributed by atoms with E-state index in [1.165, 1.54) is 0 Å². The third-order valence-corrected chi connectivity index (χ3v) is 3.87. The second-order valence-corrected chi connectivity index (χ2v) is 6.09. The third-order valence-electron chi connectivity index (χ3n) is 2.72. The van der Waals surface area contributed by atoms with E-state index in [9.17, 15) is 4.79 Å². The molecular formula is C15H13Br2NO2. The van der Waals surface area contributed by atoms with Crippen LogP contribution in [-0.4, -0.2) is 13.0 Å². The number of methoxy groups -OCH3 is 1. The zero-order valence-corrected chi connectivity index (χ0v) is 14.2. The molecule has 0 spiro atoms. The van der Waals surface area contributed by atoms with Crippen LogP contribution in [0.5, 0.6) is 5.75 Å². The molecule has 0 aliphatic rings. The van der Waals surface area contributed by atoms with E-state index in [2.05, 4.69) is 37.2 Å². The van der Waals surface area contributed by atoms with Gasteiger partial charge in [0.05, 0.1) is 12.7 Å². The molecule has 0 radical (unpaired) electrons. The Morgan fingerprint density at radius 3 is 2.55 bits per heavy atom. The van der Waals surface area contributed by atoms with Crippen molar-refractivity contribution < 1.29 is 9.53 Å². The van der Waals surface area contributed by atoms with Crippen LogP contribution >= 0.6 is 31.9 Å². The predicted molar refractivity (Wildman–Crippen MR) is 87.5 cm³/mol. The summed E-state index contributed by atoms with van der Waals surface area (Å²) >= 11 is 6.79. The smallest absolute Gasteiger partial charge is 0.256 e. The number of anilines is 1. The van der Waals surface area contributed by atoms with Gasteiger partial charge in [-0.1, -0.05) is 15.9 Å². The molecule has 0 fully saturated rings. The minimum absolute atomic E-state index is 0.187. The van der Waals surface area contributed by atoms with Gasteiger partial charge in [0.2, 0.25) is 0 Å². The zero-order valence-electron chi connectivity index (χ0n) is 11.0. The quantitative estimate of drug-likeness (QED) is 0.807. The molecule has 1 amide bonds. The lowest BCUT2D eigenvalue weighted by Crippen LogP contribution is -2.12. The van der Waals surface area contributed by atoms with Gasteiger partial charge in [-0.15, -0.1) is 0 Å². The molecule has 3 nitrogen and oxygen atoms in total. The van der Waals surface area contributed by atoms with Crippen LogP contribution in [-0.2, 0) is 0 Å². The normalized spacial score (nSPS) is 10.2. The van der Waals surface area contributed by atoms with Crippen molar-refractivity contribution in [2.75, 3.05) is 12.4 Å². The summed E-state index contributed by atoms with van der Waals surface area (Å²) in [7, 11) is 1.57. The van der Waals surface area contributed by atoms with Gasteiger partial charge in [0, 0.05) is 14.6 Å². The SMILES string of the molecule is COc1ccc(Br)c(C(=O)Nc2cc(C)cc(Br)c2)c1. The Kier molecular flexibility index (Phi) is 4.83. The number of halogens is 2. The number of carbonyl (C=O) groups excluding carboxylic acids is 1. The maximum Gasteiger partial charge on any atom is 0.256 e. The molecule has 20 heavy (non-hydrogen) atoms. The average Bonchev–Trinajstić information content (AvgIpc) is 2.37. The summed E-state index contributed by atoms with van der Waals surface area (Å²) in [5, 5.41) is 2.88. The van der Waals surface area contributed by atoms with Crippen LogP contribution in [0.3, 0.4) is 0 Å². The van der Waals surface area contributed by atoms with Gasteiger partial charge >= 0.3 is 0 Å². The second kappa shape index (κ2) is 6.41. The van der Waals surface area contributed by atoms with E-state index in [-0.39, 0.29) is 5.91 Å². The highest BCUT2D eigenvalue weighted by Crippen LogP contribution is 2.25. The maximum atomic E-state index is 12.3. The predicted octanol–water partition coefficient (Wildman–Crippen LogP) is 4.78. The number of aryl methyl sites for hydroxylation is 1. The van der Waals surface area contributed by atoms with E-state index in [4.69, 9.17) is 4.74 Å². The zero-order chi connectivity index (χ0) is 14.7. The number of ether oxygens (including phenoxy) is 1. The lowest BCUT2D eigenvalue weighted by molar-refractivity contribution is 0.102. The molecule has 0 saturated carbocycles. The average molecular weight is 399 g/mol. The first-order chi connectivity index (χ1) is 9.49. The lowest BCUT2D eigenvalue weighted by Gasteiger charge is -2.09. The Hall–Kier alpha value is -1.33. The Balaban J connectivity index is 2.27. The van der Waals surface area contributed by atoms with Crippen LogP contribution in [0.25, 0.3) is 0 Å². The number of hydrogen-bond acceptors (Lipinski definition) is 2. The van der Waals surface area contributed by atoms with E-state index in [0.29, 0.717) is 11.3 Å². The van der Waals surface area contributed by atoms with Crippen molar-refractivity contribution in [3.63, 3.8) is 0 Å². The highest BCUT2D eigenvalue weighted by molar-refractivity contribution is 9.10. The fourth-order valence-corrected chi connectivity index (χ4v) is 2.85. The molecule has 1 N–H and O–H groups in total. The number of benzene rings is 2. The number of nitrogens with one attached hydrogen (secondary N) is 1. The summed E-state index contributed by atoms with van der Waals surface area (Å²) in [4.78, 5) is 12.3. The maximum absolute atomic E-state index is 12.3. The molecule has 104 valence electrons. The van der Waals surface area contributed by atoms with Gasteiger partial charge in [-0.05, 0) is 64.8 Å². The third kappa shape index (κ3) is 3.61. The number of hydrogen-bond donors (Lipinski definition) is 1. The van der Waals surface area contributed by atoms with Crippen molar-refractivity contribution >= 4 is 43.5 Å². The molecule has 2 aromatic rings. The molecule has 5 heteroatoms. The van der Waals surface area contributed by atoms with Crippen molar-refractivity contribution in [3.05, 3.63) is 56.5 Å². The molecule has 0 aromatic heterocycles. The molecule has 2 rings (SSSR count). The molecule has 0 atom stereocenters. The molecule has 2 aromatic carbocycles. The van der Waals surface area contributed by atoms with Crippen LogP contribution in [0.4, 0.5) is 5.69 Å². The summed E-state index contributed by atoms with van der Waals surface area (Å²) in [5.41, 5.74) is 2.35. The van der Waals surface area contributed by atoms with Crippen molar-refractivity contribution in [2.45, 2.75) is 6.92 Å². The Labute approximate surface area is 134 Å². The van der Waals surface area contributed by atoms with Crippen LogP contribution in [0.15, 0.2) is 45.3 Å². The summed E-state index contributed by atoms with van der Waals surface area (Å²) in [6.45, 7) is 1.97. The van der Waals surface area contributed by atoms with E-state index in [1.807, 2.05) is 25.1 Å². The Bertz CT molecular complexity index is 636. The molecule has 0 bridgehead atoms. The standard InChI is InChI=1S/C15H13Br2NO2/c1-9-5-10(16)7-11(6-9)18-15(19)13-8-12(20-2)3-4-14(13)17/h3-8H,1-2H3,(H,18,19). The first kappa shape index (κ1) is 15.1. The molecule has 0 unspecified atom stereocenters. The minimum atomic E-state index is -0.187. The van der Waals surface area contributed by atoms with E-state index in [0.717, 1.165) is 20.2 Å². The Morgan fingerprint density at radius 1 is 1.15 bits per heavy atom. The largest absolute Gasteiger partial charge is 0.497 e. The van der Waals surface area contributed by atoms with Crippen molar-refractivity contribution in [3.8, 4) is 5.75 Å². The minimum Gasteiger partial charge on any atom is -0.497 e. The lowest BCUT2D eigenvalue weighted by atomic mass is 10.2. The van der Waals surface area contributed by atoms with Crippen LogP contribution in [0.2, 0.25) is 0 Å². The van der Waals surface area contributed by atoms with Crippen LogP contribution in [0.1, 0.15) is 15.9 Å². The fraction of sp³-hybridized carbons (Fsp3) is 0.133. The van der Waals surface area contributed by atoms with Gasteiger partial charge in [-0.3, -0.25) is 4.79 Å². The monoisotopic (exact) mass is 397 g/mol. The first-order valence-corrected chi connectivity index (χ1v) is 7.50. The van der Waals surface area contributed by atoms with Crippen LogP contribution < -0.4 is 10.1 Å². The van der Waals surface area contributed by atoms with Gasteiger partial charge in [-0.2, -0.15) is 0 Å². The van der Waals surface area contributed by atoms with Gasteiger partial charge in [0.25, 0.3) is 5.91 Å². The topological polar surface area (TPSA) is 38.3 Å². The van der Waals surface area contributed by atoms with Gasteiger partial charge in [0.15, 0.2) is 0 Å². The van der Waals surface area contributed by atoms with Crippen molar-refractivity contribution in [2.24, 2.45) is 0 Å². The van der Waals surface area contributed by atoms with Gasteiger partial charge in [0.1, 0.15) is 5.75 Å². The molecule has 0 heterocycles. The molecule has 0 aliphatic heterocycles. The van der Waals surface area contributed by atoms with Gasteiger partial charge < -0.3 is 10.1 Å². The van der Waals surface area contributed by atoms with E-state index >= 15 is 0 Å². The first-order valence-electron chi connectivity index (χ1n) is 5.91. The highest BCUT2D eigenvalue weighted by Gasteiger charge is 2.12. The second-order valence-electron chi connectivity index (χ2n) is 4.32. The van der Waals surface area contributed by atoms with Crippen molar-refractivity contribution in [1.82, 2.24) is 0 Å². The summed E-state index contributed by atoms with van der Waals surface area (Å²) in [6.07, 6.45) is 0. The highest BCUT2D eigenvalue weighted by atomic mass is 79.9. The number of carbonyl (C=O) groups is 1. The van der Waals surface area contributed by atoms with E-state index < -0.39 is 0 Å². The number of amides is 1. The van der Waals surface area contributed by atoms with E-state index in [1.54, 1.807) is 25.3 Å². The molecule has 0 aliphatic carbocycles. The number of rotatable bonds is 3. The fourth-order valence-electron chi connectivity index (χ4n) is 1.81. The Morgan fingerprint density at radius 2 is 1.90 bits per heavy atom. The van der Waals surface area contributed by atoms with Crippen LogP contribution in [0, 0.1) is 6.92 Å². The molecular weight excluding hydrogens is 386 g/mol. The van der Waals surface area contributed by atoms with Crippen molar-refractivity contribution in [1.29, 1.82) is 0 Å². The molecule has 0 saturated heterocycles. The summed E-state index contributed by atoms with van der Waals surface area (Å²) < 4.78 is 6.79. The summed E-state index contributed by atoms with van der Waals surface area (Å²) in [6, 6.07) is 11.0.